The molecule has 0 N–H and O–H groups in total. The Kier molecular flexibility index (Phi) is 5.14. The van der Waals surface area contributed by atoms with E-state index in [4.69, 9.17) is 5.26 Å². The van der Waals surface area contributed by atoms with E-state index in [0.29, 0.717) is 11.5 Å². The third-order valence-corrected chi connectivity index (χ3v) is 3.87. The molecule has 2 aromatic heterocycles. The summed E-state index contributed by atoms with van der Waals surface area (Å²) < 4.78 is 0. The van der Waals surface area contributed by atoms with Gasteiger partial charge in [0.2, 0.25) is 0 Å². The zero-order chi connectivity index (χ0) is 14.4. The molecule has 0 atom stereocenters. The maximum absolute atomic E-state index is 9.17. The van der Waals surface area contributed by atoms with E-state index in [1.54, 1.807) is 18.0 Å². The Morgan fingerprint density at radius 3 is 2.70 bits per heavy atom. The van der Waals surface area contributed by atoms with Crippen LogP contribution >= 0.6 is 11.8 Å². The molecule has 4 heteroatoms. The van der Waals surface area contributed by atoms with Crippen LogP contribution in [0.2, 0.25) is 0 Å². The fourth-order valence-corrected chi connectivity index (χ4v) is 2.90. The second kappa shape index (κ2) is 7.06. The van der Waals surface area contributed by atoms with Crippen molar-refractivity contribution in [3.05, 3.63) is 42.1 Å². The van der Waals surface area contributed by atoms with Crippen molar-refractivity contribution >= 4 is 11.8 Å². The molecule has 0 aliphatic heterocycles. The van der Waals surface area contributed by atoms with Gasteiger partial charge >= 0.3 is 0 Å². The first-order valence-electron chi connectivity index (χ1n) is 6.66. The van der Waals surface area contributed by atoms with Crippen LogP contribution in [0.25, 0.3) is 11.4 Å². The quantitative estimate of drug-likeness (QED) is 0.773. The normalized spacial score (nSPS) is 10.5. The molecule has 0 aromatic carbocycles. The molecule has 102 valence electrons. The molecule has 2 heterocycles. The van der Waals surface area contributed by atoms with Crippen LogP contribution in [0.5, 0.6) is 0 Å². The van der Waals surface area contributed by atoms with Gasteiger partial charge in [-0.3, -0.25) is 4.98 Å². The highest BCUT2D eigenvalue weighted by Gasteiger charge is 2.08. The second-order valence-electron chi connectivity index (χ2n) is 4.91. The van der Waals surface area contributed by atoms with Crippen molar-refractivity contribution in [3.63, 3.8) is 0 Å². The molecule has 0 saturated carbocycles. The Hall–Kier alpha value is -1.86. The standard InChI is InChI=1S/C16H17N3S/c1-12(2)8-10-20-16-13(11-17)6-7-15(19-16)14-5-3-4-9-18-14/h3-7,9,12H,8,10H2,1-2H3. The summed E-state index contributed by atoms with van der Waals surface area (Å²) in [4.78, 5) is 8.89. The van der Waals surface area contributed by atoms with E-state index >= 15 is 0 Å². The van der Waals surface area contributed by atoms with Gasteiger partial charge in [-0.05, 0) is 42.4 Å². The van der Waals surface area contributed by atoms with Gasteiger partial charge in [-0.25, -0.2) is 4.98 Å². The van der Waals surface area contributed by atoms with Gasteiger partial charge in [0.25, 0.3) is 0 Å². The Balaban J connectivity index is 2.23. The van der Waals surface area contributed by atoms with Gasteiger partial charge in [0.05, 0.1) is 17.0 Å². The molecule has 0 saturated heterocycles. The van der Waals surface area contributed by atoms with Crippen molar-refractivity contribution in [2.45, 2.75) is 25.3 Å². The van der Waals surface area contributed by atoms with Gasteiger partial charge in [-0.15, -0.1) is 11.8 Å². The summed E-state index contributed by atoms with van der Waals surface area (Å²) in [5.41, 5.74) is 2.29. The maximum atomic E-state index is 9.17. The minimum Gasteiger partial charge on any atom is -0.255 e. The summed E-state index contributed by atoms with van der Waals surface area (Å²) in [5.74, 6) is 1.64. The average Bonchev–Trinajstić information content (AvgIpc) is 2.47. The molecule has 0 amide bonds. The molecule has 20 heavy (non-hydrogen) atoms. The summed E-state index contributed by atoms with van der Waals surface area (Å²) in [6.07, 6.45) is 2.87. The largest absolute Gasteiger partial charge is 0.255 e. The number of nitriles is 1. The van der Waals surface area contributed by atoms with Crippen molar-refractivity contribution in [2.24, 2.45) is 5.92 Å². The summed E-state index contributed by atoms with van der Waals surface area (Å²) in [6, 6.07) is 11.6. The molecule has 2 aromatic rings. The fraction of sp³-hybridized carbons (Fsp3) is 0.312. The first-order valence-corrected chi connectivity index (χ1v) is 7.64. The molecule has 0 spiro atoms. The maximum Gasteiger partial charge on any atom is 0.115 e. The molecule has 3 nitrogen and oxygen atoms in total. The monoisotopic (exact) mass is 283 g/mol. The van der Waals surface area contributed by atoms with E-state index in [-0.39, 0.29) is 0 Å². The van der Waals surface area contributed by atoms with Gasteiger partial charge in [0.1, 0.15) is 11.1 Å². The van der Waals surface area contributed by atoms with Gasteiger partial charge in [0.15, 0.2) is 0 Å². The highest BCUT2D eigenvalue weighted by atomic mass is 32.2. The summed E-state index contributed by atoms with van der Waals surface area (Å²) in [7, 11) is 0. The molecule has 2 rings (SSSR count). The van der Waals surface area contributed by atoms with E-state index in [1.807, 2.05) is 30.3 Å². The van der Waals surface area contributed by atoms with E-state index in [1.165, 1.54) is 0 Å². The number of nitrogens with zero attached hydrogens (tertiary/aromatic N) is 3. The summed E-state index contributed by atoms with van der Waals surface area (Å²) in [6.45, 7) is 4.40. The van der Waals surface area contributed by atoms with Crippen molar-refractivity contribution in [1.29, 1.82) is 5.26 Å². The molecule has 0 bridgehead atoms. The van der Waals surface area contributed by atoms with Crippen LogP contribution in [0.1, 0.15) is 25.8 Å². The lowest BCUT2D eigenvalue weighted by molar-refractivity contribution is 0.632. The topological polar surface area (TPSA) is 49.6 Å². The van der Waals surface area contributed by atoms with Gasteiger partial charge in [-0.1, -0.05) is 19.9 Å². The highest BCUT2D eigenvalue weighted by Crippen LogP contribution is 2.25. The molecular weight excluding hydrogens is 266 g/mol. The minimum absolute atomic E-state index is 0.637. The van der Waals surface area contributed by atoms with E-state index in [2.05, 4.69) is 29.9 Å². The molecule has 0 aliphatic rings. The van der Waals surface area contributed by atoms with Crippen molar-refractivity contribution in [3.8, 4) is 17.5 Å². The van der Waals surface area contributed by atoms with E-state index in [9.17, 15) is 0 Å². The van der Waals surface area contributed by atoms with Gasteiger partial charge in [-0.2, -0.15) is 5.26 Å². The third-order valence-electron chi connectivity index (χ3n) is 2.84. The molecule has 0 unspecified atom stereocenters. The SMILES string of the molecule is CC(C)CCSc1nc(-c2ccccn2)ccc1C#N. The van der Waals surface area contributed by atoms with E-state index < -0.39 is 0 Å². The fourth-order valence-electron chi connectivity index (χ4n) is 1.68. The third kappa shape index (κ3) is 3.82. The predicted octanol–water partition coefficient (Wildman–Crippen LogP) is 4.15. The lowest BCUT2D eigenvalue weighted by Gasteiger charge is -2.07. The van der Waals surface area contributed by atoms with Gasteiger partial charge < -0.3 is 0 Å². The number of hydrogen-bond donors (Lipinski definition) is 0. The zero-order valence-corrected chi connectivity index (χ0v) is 12.5. The zero-order valence-electron chi connectivity index (χ0n) is 11.7. The van der Waals surface area contributed by atoms with Crippen LogP contribution in [-0.4, -0.2) is 15.7 Å². The Morgan fingerprint density at radius 1 is 1.20 bits per heavy atom. The number of thioether (sulfide) groups is 1. The number of aromatic nitrogens is 2. The molecule has 0 aliphatic carbocycles. The lowest BCUT2D eigenvalue weighted by Crippen LogP contribution is -1.95. The number of rotatable bonds is 5. The Bertz CT molecular complexity index is 603. The van der Waals surface area contributed by atoms with E-state index in [0.717, 1.165) is 28.6 Å². The summed E-state index contributed by atoms with van der Waals surface area (Å²) in [5, 5.41) is 9.97. The second-order valence-corrected chi connectivity index (χ2v) is 5.99. The Labute approximate surface area is 124 Å². The summed E-state index contributed by atoms with van der Waals surface area (Å²) >= 11 is 1.65. The van der Waals surface area contributed by atoms with Crippen molar-refractivity contribution in [1.82, 2.24) is 9.97 Å². The molecule has 0 radical (unpaired) electrons. The first kappa shape index (κ1) is 14.5. The van der Waals surface area contributed by atoms with Crippen LogP contribution in [0.4, 0.5) is 0 Å². The number of pyridine rings is 2. The smallest absolute Gasteiger partial charge is 0.115 e. The first-order chi connectivity index (χ1) is 9.70. The minimum atomic E-state index is 0.637. The highest BCUT2D eigenvalue weighted by molar-refractivity contribution is 7.99. The Morgan fingerprint density at radius 2 is 2.05 bits per heavy atom. The van der Waals surface area contributed by atoms with Crippen LogP contribution in [0, 0.1) is 17.2 Å². The molecular formula is C16H17N3S. The van der Waals surface area contributed by atoms with Crippen LogP contribution in [0.3, 0.4) is 0 Å². The molecule has 0 fully saturated rings. The average molecular weight is 283 g/mol. The van der Waals surface area contributed by atoms with Gasteiger partial charge in [0, 0.05) is 6.20 Å². The lowest BCUT2D eigenvalue weighted by atomic mass is 10.2. The van der Waals surface area contributed by atoms with Crippen LogP contribution in [-0.2, 0) is 0 Å². The number of hydrogen-bond acceptors (Lipinski definition) is 4. The van der Waals surface area contributed by atoms with Crippen LogP contribution < -0.4 is 0 Å². The van der Waals surface area contributed by atoms with Crippen molar-refractivity contribution < 1.29 is 0 Å². The van der Waals surface area contributed by atoms with Crippen LogP contribution in [0.15, 0.2) is 41.6 Å². The van der Waals surface area contributed by atoms with Crippen molar-refractivity contribution in [2.75, 3.05) is 5.75 Å². The predicted molar refractivity (Wildman–Crippen MR) is 82.4 cm³/mol.